The molecule has 0 saturated carbocycles. The molecule has 50 valence electrons. The van der Waals surface area contributed by atoms with E-state index in [1.165, 1.54) is 0 Å². The van der Waals surface area contributed by atoms with E-state index in [2.05, 4.69) is 11.9 Å². The summed E-state index contributed by atoms with van der Waals surface area (Å²) in [5.41, 5.74) is 0. The third-order valence-electron chi connectivity index (χ3n) is 0.713. The summed E-state index contributed by atoms with van der Waals surface area (Å²) in [6.45, 7) is 3.48. The molecule has 0 aromatic rings. The lowest BCUT2D eigenvalue weighted by Gasteiger charge is -1.82. The molecule has 0 heterocycles. The highest BCUT2D eigenvalue weighted by molar-refractivity contribution is 6.31. The molecule has 0 aliphatic carbocycles. The van der Waals surface area contributed by atoms with Crippen LogP contribution in [0.1, 0.15) is 0 Å². The van der Waals surface area contributed by atoms with E-state index in [0.717, 1.165) is 0 Å². The summed E-state index contributed by atoms with van der Waals surface area (Å²) in [5, 5.41) is 3.47. The summed E-state index contributed by atoms with van der Waals surface area (Å²) >= 11 is 5.57. The Bertz CT molecular complexity index is 136. The molecule has 0 rings (SSSR count). The van der Waals surface area contributed by atoms with Gasteiger partial charge in [0.25, 0.3) is 0 Å². The Labute approximate surface area is 60.7 Å². The van der Waals surface area contributed by atoms with Gasteiger partial charge in [0.05, 0.1) is 0 Å². The predicted octanol–water partition coefficient (Wildman–Crippen LogP) is 2.03. The Balaban J connectivity index is 3.68. The molecular weight excluding hydrogens is 134 g/mol. The molecule has 0 aromatic heterocycles. The molecule has 0 aliphatic rings. The first-order chi connectivity index (χ1) is 4.31. The molecule has 0 bridgehead atoms. The van der Waals surface area contributed by atoms with Gasteiger partial charge < -0.3 is 5.32 Å². The predicted molar refractivity (Wildman–Crippen MR) is 42.3 cm³/mol. The first-order valence-corrected chi connectivity index (χ1v) is 3.01. The van der Waals surface area contributed by atoms with Crippen molar-refractivity contribution in [2.45, 2.75) is 0 Å². The molecule has 0 atom stereocenters. The fourth-order valence-electron chi connectivity index (χ4n) is 0.304. The van der Waals surface area contributed by atoms with Gasteiger partial charge in [-0.2, -0.15) is 0 Å². The lowest BCUT2D eigenvalue weighted by atomic mass is 10.4. The molecule has 9 heavy (non-hydrogen) atoms. The van der Waals surface area contributed by atoms with E-state index in [0.29, 0.717) is 5.03 Å². The number of hydrogen-bond donors (Lipinski definition) is 1. The van der Waals surface area contributed by atoms with Crippen molar-refractivity contribution in [2.24, 2.45) is 0 Å². The van der Waals surface area contributed by atoms with Crippen LogP contribution >= 0.6 is 11.6 Å². The fourth-order valence-corrected chi connectivity index (χ4v) is 0.377. The second kappa shape index (κ2) is 5.45. The maximum absolute atomic E-state index is 5.57. The van der Waals surface area contributed by atoms with Crippen LogP contribution in [-0.4, -0.2) is 7.05 Å². The van der Waals surface area contributed by atoms with Gasteiger partial charge in [-0.1, -0.05) is 24.3 Å². The number of nitrogens with one attached hydrogen (secondary N) is 1. The van der Waals surface area contributed by atoms with Gasteiger partial charge in [0.1, 0.15) is 0 Å². The van der Waals surface area contributed by atoms with Crippen LogP contribution in [-0.2, 0) is 0 Å². The fraction of sp³-hybridized carbons (Fsp3) is 0.143. The second-order valence-corrected chi connectivity index (χ2v) is 1.84. The van der Waals surface area contributed by atoms with Gasteiger partial charge in [0.2, 0.25) is 0 Å². The molecule has 1 N–H and O–H groups in total. The van der Waals surface area contributed by atoms with E-state index < -0.39 is 0 Å². The normalized spacial score (nSPS) is 12.0. The molecule has 0 aliphatic heterocycles. The highest BCUT2D eigenvalue weighted by atomic mass is 35.5. The van der Waals surface area contributed by atoms with Crippen molar-refractivity contribution in [1.82, 2.24) is 5.32 Å². The average Bonchev–Trinajstić information content (AvgIpc) is 1.89. The van der Waals surface area contributed by atoms with Gasteiger partial charge in [-0.05, 0) is 18.4 Å². The highest BCUT2D eigenvalue weighted by Gasteiger charge is 1.74. The lowest BCUT2D eigenvalue weighted by molar-refractivity contribution is 1.10. The average molecular weight is 144 g/mol. The Morgan fingerprint density at radius 1 is 1.67 bits per heavy atom. The van der Waals surface area contributed by atoms with E-state index in [4.69, 9.17) is 11.6 Å². The molecule has 0 unspecified atom stereocenters. The molecule has 0 fully saturated rings. The Kier molecular flexibility index (Phi) is 5.03. The van der Waals surface area contributed by atoms with E-state index in [1.807, 2.05) is 13.1 Å². The number of rotatable bonds is 3. The molecule has 0 saturated heterocycles. The van der Waals surface area contributed by atoms with Gasteiger partial charge in [-0.25, -0.2) is 0 Å². The third-order valence-corrected chi connectivity index (χ3v) is 0.994. The zero-order valence-electron chi connectivity index (χ0n) is 5.39. The largest absolute Gasteiger partial charge is 0.394 e. The van der Waals surface area contributed by atoms with Crippen molar-refractivity contribution >= 4 is 11.6 Å². The number of allylic oxidation sites excluding steroid dienone is 4. The quantitative estimate of drug-likeness (QED) is 0.597. The molecular formula is C7H10ClN. The standard InChI is InChI=1S/C7H10ClN/c1-3-7(8)5-4-6-9-2/h3-6,9H,1H2,2H3/b6-4+,7-5-. The van der Waals surface area contributed by atoms with Crippen molar-refractivity contribution in [3.8, 4) is 0 Å². The molecule has 1 nitrogen and oxygen atoms in total. The van der Waals surface area contributed by atoms with E-state index >= 15 is 0 Å². The van der Waals surface area contributed by atoms with E-state index in [-0.39, 0.29) is 0 Å². The van der Waals surface area contributed by atoms with Gasteiger partial charge in [-0.15, -0.1) is 0 Å². The van der Waals surface area contributed by atoms with Crippen LogP contribution in [0.3, 0.4) is 0 Å². The van der Waals surface area contributed by atoms with Gasteiger partial charge in [-0.3, -0.25) is 0 Å². The summed E-state index contributed by atoms with van der Waals surface area (Å²) in [6.07, 6.45) is 6.93. The van der Waals surface area contributed by atoms with Crippen LogP contribution in [0.25, 0.3) is 0 Å². The first-order valence-electron chi connectivity index (χ1n) is 2.63. The van der Waals surface area contributed by atoms with Crippen molar-refractivity contribution in [2.75, 3.05) is 7.05 Å². The number of hydrogen-bond acceptors (Lipinski definition) is 1. The van der Waals surface area contributed by atoms with Gasteiger partial charge in [0, 0.05) is 12.1 Å². The summed E-state index contributed by atoms with van der Waals surface area (Å²) in [4.78, 5) is 0. The Hall–Kier alpha value is -0.690. The second-order valence-electron chi connectivity index (χ2n) is 1.40. The molecule has 0 aromatic carbocycles. The first kappa shape index (κ1) is 8.31. The van der Waals surface area contributed by atoms with Crippen molar-refractivity contribution in [1.29, 1.82) is 0 Å². The smallest absolute Gasteiger partial charge is 0.0400 e. The van der Waals surface area contributed by atoms with Crippen LogP contribution in [0, 0.1) is 0 Å². The van der Waals surface area contributed by atoms with E-state index in [1.54, 1.807) is 18.4 Å². The maximum Gasteiger partial charge on any atom is 0.0400 e. The summed E-state index contributed by atoms with van der Waals surface area (Å²) < 4.78 is 0. The van der Waals surface area contributed by atoms with Crippen molar-refractivity contribution in [3.05, 3.63) is 36.0 Å². The minimum Gasteiger partial charge on any atom is -0.394 e. The summed E-state index contributed by atoms with van der Waals surface area (Å²) in [5.74, 6) is 0. The SMILES string of the molecule is C=C/C(Cl)=C/C=C/NC. The minimum absolute atomic E-state index is 0.640. The monoisotopic (exact) mass is 143 g/mol. The molecule has 0 spiro atoms. The molecule has 0 amide bonds. The van der Waals surface area contributed by atoms with Crippen LogP contribution in [0.4, 0.5) is 0 Å². The van der Waals surface area contributed by atoms with Crippen LogP contribution in [0.2, 0.25) is 0 Å². The number of halogens is 1. The van der Waals surface area contributed by atoms with Crippen molar-refractivity contribution in [3.63, 3.8) is 0 Å². The Morgan fingerprint density at radius 3 is 2.78 bits per heavy atom. The zero-order chi connectivity index (χ0) is 7.11. The van der Waals surface area contributed by atoms with Crippen LogP contribution in [0.15, 0.2) is 36.0 Å². The molecule has 0 radical (unpaired) electrons. The lowest BCUT2D eigenvalue weighted by Crippen LogP contribution is -1.89. The van der Waals surface area contributed by atoms with Gasteiger partial charge >= 0.3 is 0 Å². The van der Waals surface area contributed by atoms with E-state index in [9.17, 15) is 0 Å². The Morgan fingerprint density at radius 2 is 2.33 bits per heavy atom. The minimum atomic E-state index is 0.640. The van der Waals surface area contributed by atoms with Crippen LogP contribution in [0.5, 0.6) is 0 Å². The topological polar surface area (TPSA) is 12.0 Å². The zero-order valence-corrected chi connectivity index (χ0v) is 6.15. The maximum atomic E-state index is 5.57. The summed E-state index contributed by atoms with van der Waals surface area (Å²) in [6, 6.07) is 0. The van der Waals surface area contributed by atoms with Crippen LogP contribution < -0.4 is 5.32 Å². The third kappa shape index (κ3) is 5.18. The highest BCUT2D eigenvalue weighted by Crippen LogP contribution is 2.00. The molecule has 2 heteroatoms. The summed E-state index contributed by atoms with van der Waals surface area (Å²) in [7, 11) is 1.83. The van der Waals surface area contributed by atoms with Crippen molar-refractivity contribution < 1.29 is 0 Å². The van der Waals surface area contributed by atoms with Gasteiger partial charge in [0.15, 0.2) is 0 Å².